The lowest BCUT2D eigenvalue weighted by atomic mass is 9.95. The molecule has 0 saturated carbocycles. The summed E-state index contributed by atoms with van der Waals surface area (Å²) in [5.41, 5.74) is 5.56. The number of hydrogen-bond acceptors (Lipinski definition) is 9. The number of thiazole rings is 1. The molecule has 0 unspecified atom stereocenters. The molecule has 0 fully saturated rings. The van der Waals surface area contributed by atoms with E-state index in [0.29, 0.717) is 49.8 Å². The Morgan fingerprint density at radius 1 is 1.09 bits per heavy atom. The highest BCUT2D eigenvalue weighted by molar-refractivity contribution is 7.15. The normalized spacial score (nSPS) is 14.7. The zero-order chi connectivity index (χ0) is 31.9. The number of aryl methyl sites for hydroxylation is 2. The maximum Gasteiger partial charge on any atom is 0.338 e. The minimum Gasteiger partial charge on any atom is -0.493 e. The van der Waals surface area contributed by atoms with E-state index in [0.717, 1.165) is 32.4 Å². The highest BCUT2D eigenvalue weighted by Crippen LogP contribution is 2.37. The summed E-state index contributed by atoms with van der Waals surface area (Å²) in [4.78, 5) is 33.8. The Balaban J connectivity index is 1.72. The second-order valence-electron chi connectivity index (χ2n) is 10.4. The van der Waals surface area contributed by atoms with E-state index in [2.05, 4.69) is 10.6 Å². The largest absolute Gasteiger partial charge is 0.493 e. The van der Waals surface area contributed by atoms with Crippen molar-refractivity contribution >= 4 is 34.7 Å². The molecule has 0 bridgehead atoms. The van der Waals surface area contributed by atoms with Crippen molar-refractivity contribution in [3.05, 3.63) is 93.7 Å². The standard InChI is InChI=1S/C33H34N4O5S2/c1-9-41-26-14-22(11-12-25(26)40-8)29-28(32(39)42-10-2)19(5)35-33-37(29)30(38)27(44-33)15-23-13-17(3)36(20(23)6)31-24(16-34)18(4)21(7)43-31/h11-15,29H,9-10H2,1-8H3/b27-15+/t29-/m0/s1. The molecular weight excluding hydrogens is 597 g/mol. The van der Waals surface area contributed by atoms with Crippen LogP contribution in [-0.2, 0) is 9.53 Å². The topological polar surface area (TPSA) is 108 Å². The second kappa shape index (κ2) is 12.3. The first kappa shape index (κ1) is 31.0. The molecule has 0 aliphatic carbocycles. The first-order valence-corrected chi connectivity index (χ1v) is 15.9. The maximum absolute atomic E-state index is 14.2. The molecule has 3 aromatic heterocycles. The summed E-state index contributed by atoms with van der Waals surface area (Å²) in [5, 5.41) is 10.7. The number of nitrogens with zero attached hydrogens (tertiary/aromatic N) is 4. The number of allylic oxidation sites excluding steroid dienone is 1. The van der Waals surface area contributed by atoms with Crippen LogP contribution in [0.25, 0.3) is 11.1 Å². The van der Waals surface area contributed by atoms with Crippen molar-refractivity contribution in [3.63, 3.8) is 0 Å². The molecule has 44 heavy (non-hydrogen) atoms. The number of ether oxygens (including phenoxy) is 3. The van der Waals surface area contributed by atoms with Crippen molar-refractivity contribution in [3.8, 4) is 22.6 Å². The summed E-state index contributed by atoms with van der Waals surface area (Å²) in [7, 11) is 1.56. The monoisotopic (exact) mass is 630 g/mol. The van der Waals surface area contributed by atoms with E-state index < -0.39 is 12.0 Å². The molecule has 0 saturated heterocycles. The van der Waals surface area contributed by atoms with Gasteiger partial charge in [-0.3, -0.25) is 9.36 Å². The Hall–Kier alpha value is -4.40. The fraction of sp³-hybridized carbons (Fsp3) is 0.333. The predicted molar refractivity (Wildman–Crippen MR) is 172 cm³/mol. The summed E-state index contributed by atoms with van der Waals surface area (Å²) in [5.74, 6) is 0.531. The molecule has 5 rings (SSSR count). The van der Waals surface area contributed by atoms with Crippen LogP contribution in [0.15, 0.2) is 45.3 Å². The molecule has 1 aliphatic rings. The number of rotatable bonds is 8. The number of carbonyl (C=O) groups excluding carboxylic acids is 1. The van der Waals surface area contributed by atoms with E-state index in [1.807, 2.05) is 52.8 Å². The van der Waals surface area contributed by atoms with Crippen LogP contribution in [0.3, 0.4) is 0 Å². The van der Waals surface area contributed by atoms with E-state index in [1.54, 1.807) is 49.0 Å². The van der Waals surface area contributed by atoms with Gasteiger partial charge in [-0.15, -0.1) is 11.3 Å². The van der Waals surface area contributed by atoms with Gasteiger partial charge in [-0.25, -0.2) is 9.79 Å². The predicted octanol–water partition coefficient (Wildman–Crippen LogP) is 5.16. The molecule has 0 radical (unpaired) electrons. The number of nitriles is 1. The van der Waals surface area contributed by atoms with Crippen LogP contribution in [0.5, 0.6) is 11.5 Å². The summed E-state index contributed by atoms with van der Waals surface area (Å²) >= 11 is 2.85. The lowest BCUT2D eigenvalue weighted by Crippen LogP contribution is -2.40. The highest BCUT2D eigenvalue weighted by atomic mass is 32.1. The molecule has 1 atom stereocenters. The number of esters is 1. The smallest absolute Gasteiger partial charge is 0.338 e. The lowest BCUT2D eigenvalue weighted by Gasteiger charge is -2.25. The highest BCUT2D eigenvalue weighted by Gasteiger charge is 2.34. The fourth-order valence-corrected chi connectivity index (χ4v) is 7.78. The van der Waals surface area contributed by atoms with Gasteiger partial charge >= 0.3 is 5.97 Å². The van der Waals surface area contributed by atoms with Crippen molar-refractivity contribution < 1.29 is 19.0 Å². The molecule has 228 valence electrons. The van der Waals surface area contributed by atoms with Gasteiger partial charge in [0.1, 0.15) is 11.1 Å². The van der Waals surface area contributed by atoms with E-state index >= 15 is 0 Å². The summed E-state index contributed by atoms with van der Waals surface area (Å²) in [6, 6.07) is 9.00. The van der Waals surface area contributed by atoms with Crippen molar-refractivity contribution in [2.45, 2.75) is 54.5 Å². The summed E-state index contributed by atoms with van der Waals surface area (Å²) in [6.07, 6.45) is 1.86. The van der Waals surface area contributed by atoms with Gasteiger partial charge in [-0.05, 0) is 89.4 Å². The number of hydrogen-bond donors (Lipinski definition) is 0. The Morgan fingerprint density at radius 2 is 1.84 bits per heavy atom. The van der Waals surface area contributed by atoms with E-state index in [-0.39, 0.29) is 12.2 Å². The van der Waals surface area contributed by atoms with Gasteiger partial charge in [-0.2, -0.15) is 5.26 Å². The van der Waals surface area contributed by atoms with E-state index in [9.17, 15) is 14.9 Å². The first-order chi connectivity index (χ1) is 21.1. The van der Waals surface area contributed by atoms with Gasteiger partial charge < -0.3 is 18.8 Å². The minimum absolute atomic E-state index is 0.186. The molecule has 0 spiro atoms. The van der Waals surface area contributed by atoms with Crippen molar-refractivity contribution in [2.24, 2.45) is 4.99 Å². The number of aromatic nitrogens is 2. The average Bonchev–Trinajstić information content (AvgIpc) is 3.56. The van der Waals surface area contributed by atoms with Gasteiger partial charge in [0.2, 0.25) is 0 Å². The maximum atomic E-state index is 14.2. The Bertz CT molecular complexity index is 2050. The number of thiophene rings is 1. The number of methoxy groups -OCH3 is 1. The molecule has 9 nitrogen and oxygen atoms in total. The van der Waals surface area contributed by atoms with Gasteiger partial charge in [0, 0.05) is 16.3 Å². The second-order valence-corrected chi connectivity index (χ2v) is 12.6. The molecule has 0 N–H and O–H groups in total. The lowest BCUT2D eigenvalue weighted by molar-refractivity contribution is -0.139. The zero-order valence-electron chi connectivity index (χ0n) is 26.0. The third-order valence-corrected chi connectivity index (χ3v) is 9.93. The van der Waals surface area contributed by atoms with Gasteiger partial charge in [0.15, 0.2) is 16.3 Å². The fourth-order valence-electron chi connectivity index (χ4n) is 5.52. The van der Waals surface area contributed by atoms with Crippen LogP contribution in [-0.4, -0.2) is 35.4 Å². The molecule has 4 aromatic rings. The Kier molecular flexibility index (Phi) is 8.68. The average molecular weight is 631 g/mol. The molecule has 11 heteroatoms. The van der Waals surface area contributed by atoms with Crippen LogP contribution in [0.2, 0.25) is 0 Å². The van der Waals surface area contributed by atoms with E-state index in [1.165, 1.54) is 11.3 Å². The third-order valence-electron chi connectivity index (χ3n) is 7.76. The zero-order valence-corrected chi connectivity index (χ0v) is 27.7. The summed E-state index contributed by atoms with van der Waals surface area (Å²) < 4.78 is 20.8. The van der Waals surface area contributed by atoms with Crippen molar-refractivity contribution in [1.29, 1.82) is 5.26 Å². The molecule has 4 heterocycles. The van der Waals surface area contributed by atoms with Gasteiger partial charge in [0.25, 0.3) is 5.56 Å². The van der Waals surface area contributed by atoms with Crippen molar-refractivity contribution in [1.82, 2.24) is 9.13 Å². The van der Waals surface area contributed by atoms with Crippen LogP contribution >= 0.6 is 22.7 Å². The number of carbonyl (C=O) groups is 1. The van der Waals surface area contributed by atoms with Gasteiger partial charge in [0.05, 0.1) is 47.7 Å². The number of benzene rings is 1. The third kappa shape index (κ3) is 5.18. The quantitative estimate of drug-likeness (QED) is 0.249. The SMILES string of the molecule is CCOC(=O)C1=C(C)N=c2s/c(=C/c3cc(C)n(-c4sc(C)c(C)c4C#N)c3C)c(=O)n2[C@H]1c1ccc(OC)c(OCC)c1. The Labute approximate surface area is 263 Å². The van der Waals surface area contributed by atoms with Crippen molar-refractivity contribution in [2.75, 3.05) is 20.3 Å². The first-order valence-electron chi connectivity index (χ1n) is 14.3. The van der Waals surface area contributed by atoms with Crippen LogP contribution in [0.4, 0.5) is 0 Å². The molecule has 0 amide bonds. The van der Waals surface area contributed by atoms with E-state index in [4.69, 9.17) is 19.2 Å². The van der Waals surface area contributed by atoms with Crippen LogP contribution in [0, 0.1) is 39.0 Å². The molecule has 1 aliphatic heterocycles. The van der Waals surface area contributed by atoms with Gasteiger partial charge in [-0.1, -0.05) is 17.4 Å². The minimum atomic E-state index is -0.778. The number of fused-ring (bicyclic) bond motifs is 1. The summed E-state index contributed by atoms with van der Waals surface area (Å²) in [6.45, 7) is 13.9. The Morgan fingerprint density at radius 3 is 2.50 bits per heavy atom. The van der Waals surface area contributed by atoms with Crippen LogP contribution < -0.4 is 24.4 Å². The van der Waals surface area contributed by atoms with Crippen LogP contribution in [0.1, 0.15) is 65.3 Å². The molecule has 1 aromatic carbocycles. The molecular formula is C33H34N4O5S2.